The number of piperidine rings is 1. The molecule has 0 N–H and O–H groups in total. The first-order chi connectivity index (χ1) is 18.5. The van der Waals surface area contributed by atoms with Crippen LogP contribution >= 0.6 is 0 Å². The van der Waals surface area contributed by atoms with E-state index in [1.54, 1.807) is 0 Å². The Labute approximate surface area is 228 Å². The molecule has 2 nitrogen and oxygen atoms in total. The lowest BCUT2D eigenvalue weighted by molar-refractivity contribution is -0.137. The molecule has 6 rings (SSSR count). The van der Waals surface area contributed by atoms with Crippen LogP contribution in [0, 0.1) is 29.0 Å². The van der Waals surface area contributed by atoms with E-state index in [0.29, 0.717) is 42.2 Å². The molecule has 3 aliphatic carbocycles. The molecule has 0 amide bonds. The third kappa shape index (κ3) is 4.87. The van der Waals surface area contributed by atoms with E-state index in [9.17, 15) is 22.4 Å². The molecule has 208 valence electrons. The topological polar surface area (TPSA) is 20.3 Å². The van der Waals surface area contributed by atoms with Crippen LogP contribution in [0.5, 0.6) is 0 Å². The van der Waals surface area contributed by atoms with Crippen molar-refractivity contribution in [1.29, 1.82) is 0 Å². The Morgan fingerprint density at radius 3 is 2.69 bits per heavy atom. The molecule has 0 radical (unpaired) electrons. The maximum absolute atomic E-state index is 13.8. The minimum atomic E-state index is -4.56. The van der Waals surface area contributed by atoms with Crippen molar-refractivity contribution in [3.8, 4) is 0 Å². The van der Waals surface area contributed by atoms with Gasteiger partial charge in [-0.2, -0.15) is 13.2 Å². The number of carbonyl (C=O) groups is 1. The Balaban J connectivity index is 1.04. The van der Waals surface area contributed by atoms with Gasteiger partial charge in [-0.3, -0.25) is 4.79 Å². The van der Waals surface area contributed by atoms with Crippen LogP contribution in [-0.2, 0) is 22.8 Å². The van der Waals surface area contributed by atoms with Crippen LogP contribution in [0.4, 0.5) is 17.6 Å². The van der Waals surface area contributed by atoms with Crippen molar-refractivity contribution in [2.24, 2.45) is 23.2 Å². The second kappa shape index (κ2) is 9.57. The van der Waals surface area contributed by atoms with Crippen molar-refractivity contribution in [2.75, 3.05) is 13.1 Å². The number of alkyl halides is 3. The first-order valence-corrected chi connectivity index (χ1v) is 14.4. The number of aryl methyl sites for hydroxylation is 1. The smallest absolute Gasteiger partial charge is 0.300 e. The molecule has 2 aromatic carbocycles. The predicted octanol–water partition coefficient (Wildman–Crippen LogP) is 7.85. The fourth-order valence-corrected chi connectivity index (χ4v) is 7.95. The quantitative estimate of drug-likeness (QED) is 0.349. The first kappa shape index (κ1) is 26.7. The van der Waals surface area contributed by atoms with Gasteiger partial charge in [-0.15, -0.1) is 0 Å². The van der Waals surface area contributed by atoms with E-state index in [4.69, 9.17) is 0 Å². The Morgan fingerprint density at radius 2 is 1.92 bits per heavy atom. The minimum absolute atomic E-state index is 0.00641. The molecule has 1 spiro atoms. The van der Waals surface area contributed by atoms with E-state index in [2.05, 4.69) is 55.2 Å². The van der Waals surface area contributed by atoms with Gasteiger partial charge in [-0.05, 0) is 98.2 Å². The van der Waals surface area contributed by atoms with Crippen molar-refractivity contribution in [2.45, 2.75) is 76.4 Å². The van der Waals surface area contributed by atoms with Gasteiger partial charge in [0.1, 0.15) is 11.6 Å². The highest BCUT2D eigenvalue weighted by atomic mass is 19.4. The predicted molar refractivity (Wildman–Crippen MR) is 145 cm³/mol. The minimum Gasteiger partial charge on any atom is -0.300 e. The van der Waals surface area contributed by atoms with Crippen LogP contribution < -0.4 is 0 Å². The zero-order valence-electron chi connectivity index (χ0n) is 22.7. The number of likely N-dealkylation sites (tertiary alicyclic amines) is 1. The highest BCUT2D eigenvalue weighted by molar-refractivity contribution is 5.89. The van der Waals surface area contributed by atoms with Crippen LogP contribution in [0.1, 0.15) is 74.6 Å². The van der Waals surface area contributed by atoms with Gasteiger partial charge in [-0.25, -0.2) is 4.39 Å². The summed E-state index contributed by atoms with van der Waals surface area (Å²) in [7, 11) is 0. The molecule has 3 fully saturated rings. The molecule has 1 saturated heterocycles. The lowest BCUT2D eigenvalue weighted by Gasteiger charge is -2.46. The third-order valence-electron chi connectivity index (χ3n) is 10.4. The molecule has 6 atom stereocenters. The number of rotatable bonds is 6. The van der Waals surface area contributed by atoms with Crippen LogP contribution in [0.15, 0.2) is 48.5 Å². The first-order valence-electron chi connectivity index (χ1n) is 14.4. The van der Waals surface area contributed by atoms with Gasteiger partial charge in [0.15, 0.2) is 0 Å². The monoisotopic (exact) mass is 539 g/mol. The van der Waals surface area contributed by atoms with Crippen LogP contribution in [0.3, 0.4) is 0 Å². The Morgan fingerprint density at radius 1 is 1.13 bits per heavy atom. The number of fused-ring (bicyclic) bond motifs is 2. The molecule has 0 aromatic heterocycles. The summed E-state index contributed by atoms with van der Waals surface area (Å²) in [6.45, 7) is 6.56. The summed E-state index contributed by atoms with van der Waals surface area (Å²) in [5, 5.41) is 0. The maximum atomic E-state index is 13.8. The van der Waals surface area contributed by atoms with Gasteiger partial charge in [0.05, 0.1) is 5.56 Å². The fourth-order valence-electron chi connectivity index (χ4n) is 7.95. The Kier molecular flexibility index (Phi) is 6.56. The highest BCUT2D eigenvalue weighted by Gasteiger charge is 2.53. The number of ketones is 1. The summed E-state index contributed by atoms with van der Waals surface area (Å²) in [5.41, 5.74) is 1.99. The van der Waals surface area contributed by atoms with E-state index < -0.39 is 17.6 Å². The summed E-state index contributed by atoms with van der Waals surface area (Å²) < 4.78 is 52.9. The number of halogens is 4. The number of hydrogen-bond donors (Lipinski definition) is 0. The van der Waals surface area contributed by atoms with E-state index in [1.165, 1.54) is 17.2 Å². The van der Waals surface area contributed by atoms with Gasteiger partial charge in [0, 0.05) is 29.3 Å². The van der Waals surface area contributed by atoms with E-state index in [0.717, 1.165) is 51.3 Å². The summed E-state index contributed by atoms with van der Waals surface area (Å²) in [5.74, 6) is 0.156. The number of allylic oxidation sites excluding steroid dienone is 1. The number of nitrogens with zero attached hydrogens (tertiary/aromatic N) is 1. The highest BCUT2D eigenvalue weighted by Crippen LogP contribution is 2.53. The maximum Gasteiger partial charge on any atom is 0.416 e. The normalized spacial score (nSPS) is 34.0. The lowest BCUT2D eigenvalue weighted by Crippen LogP contribution is -2.50. The van der Waals surface area contributed by atoms with Gasteiger partial charge in [0.2, 0.25) is 0 Å². The number of Topliss-reactive ketones (excluding diaryl/α,β-unsaturated/α-hetero) is 1. The van der Waals surface area contributed by atoms with E-state index >= 15 is 0 Å². The molecule has 3 unspecified atom stereocenters. The molecule has 0 bridgehead atoms. The molecular weight excluding hydrogens is 502 g/mol. The largest absolute Gasteiger partial charge is 0.416 e. The second-order valence-corrected chi connectivity index (χ2v) is 12.9. The Hall–Kier alpha value is -2.47. The van der Waals surface area contributed by atoms with Crippen LogP contribution in [0.2, 0.25) is 0 Å². The third-order valence-corrected chi connectivity index (χ3v) is 10.4. The SMILES string of the molecule is C[C@H]1CN(C2CCC(C)(C(=O)C3C[C@@H]3CCc3cc(F)cc(C(F)(F)F)c3)C2)CC[C@@]12C=Cc1ccccc12. The summed E-state index contributed by atoms with van der Waals surface area (Å²) in [4.78, 5) is 16.2. The van der Waals surface area contributed by atoms with Crippen molar-refractivity contribution in [1.82, 2.24) is 4.90 Å². The molecular formula is C33H37F4NO. The molecule has 4 aliphatic rings. The molecule has 39 heavy (non-hydrogen) atoms. The zero-order valence-corrected chi connectivity index (χ0v) is 22.7. The summed E-state index contributed by atoms with van der Waals surface area (Å²) >= 11 is 0. The van der Waals surface area contributed by atoms with Crippen molar-refractivity contribution in [3.05, 3.63) is 76.6 Å². The fraction of sp³-hybridized carbons (Fsp3) is 0.545. The van der Waals surface area contributed by atoms with E-state index in [1.807, 2.05) is 0 Å². The number of hydrogen-bond acceptors (Lipinski definition) is 2. The lowest BCUT2D eigenvalue weighted by atomic mass is 9.67. The van der Waals surface area contributed by atoms with Crippen molar-refractivity contribution in [3.63, 3.8) is 0 Å². The summed E-state index contributed by atoms with van der Waals surface area (Å²) in [6.07, 6.45) is 5.85. The summed E-state index contributed by atoms with van der Waals surface area (Å²) in [6, 6.07) is 11.9. The average molecular weight is 540 g/mol. The number of carbonyl (C=O) groups excluding carboxylic acids is 1. The molecule has 1 aliphatic heterocycles. The zero-order chi connectivity index (χ0) is 27.6. The number of benzene rings is 2. The second-order valence-electron chi connectivity index (χ2n) is 12.9. The standard InChI is InChI=1S/C33H37F4NO/c1-21-20-38(14-13-32(21)12-9-23-5-3-4-6-29(23)32)27-10-11-31(2,19-27)30(39)28-17-24(28)8-7-22-15-25(33(35,36)37)18-26(34)16-22/h3-6,9,12,15-16,18,21,24,27-28H,7-8,10-11,13-14,17,19-20H2,1-2H3/t21-,24-,27?,28?,31?,32-/m0/s1. The molecule has 2 saturated carbocycles. The van der Waals surface area contributed by atoms with Crippen LogP contribution in [-0.4, -0.2) is 29.8 Å². The molecule has 2 aromatic rings. The van der Waals surface area contributed by atoms with Crippen molar-refractivity contribution < 1.29 is 22.4 Å². The molecule has 6 heteroatoms. The van der Waals surface area contributed by atoms with Crippen LogP contribution in [0.25, 0.3) is 6.08 Å². The van der Waals surface area contributed by atoms with Gasteiger partial charge >= 0.3 is 6.18 Å². The van der Waals surface area contributed by atoms with Gasteiger partial charge < -0.3 is 4.90 Å². The van der Waals surface area contributed by atoms with Gasteiger partial charge in [0.25, 0.3) is 0 Å². The van der Waals surface area contributed by atoms with E-state index in [-0.39, 0.29) is 22.7 Å². The average Bonchev–Trinajstić information content (AvgIpc) is 3.42. The van der Waals surface area contributed by atoms with Gasteiger partial charge in [-0.1, -0.05) is 50.3 Å². The Bertz CT molecular complexity index is 1300. The molecule has 1 heterocycles. The van der Waals surface area contributed by atoms with Crippen molar-refractivity contribution >= 4 is 11.9 Å².